The molecule has 5 heteroatoms. The third-order valence-corrected chi connectivity index (χ3v) is 4.90. The fraction of sp³-hybridized carbons (Fsp3) is 0.143. The number of carbonyl (C=O) groups excluding carboxylic acids is 1. The number of para-hydroxylation sites is 1. The van der Waals surface area contributed by atoms with Crippen LogP contribution in [-0.4, -0.2) is 24.5 Å². The van der Waals surface area contributed by atoms with Crippen molar-refractivity contribution in [3.8, 4) is 0 Å². The minimum absolute atomic E-state index is 0.252. The number of rotatable bonds is 2. The summed E-state index contributed by atoms with van der Waals surface area (Å²) in [4.78, 5) is 17.9. The van der Waals surface area contributed by atoms with Crippen molar-refractivity contribution in [3.05, 3.63) is 75.9 Å². The molecule has 0 spiro atoms. The average molecular weight is 365 g/mol. The van der Waals surface area contributed by atoms with E-state index in [0.29, 0.717) is 22.5 Å². The van der Waals surface area contributed by atoms with E-state index in [4.69, 9.17) is 16.6 Å². The SMILES string of the molecule is C[NH+]1C/C(=C\c2cccc(Cl)c2)c2nc3ccccc3c(C(=O)[O-])c2C1. The summed E-state index contributed by atoms with van der Waals surface area (Å²) in [6.45, 7) is 1.36. The Morgan fingerprint density at radius 3 is 2.77 bits per heavy atom. The van der Waals surface area contributed by atoms with Gasteiger partial charge in [0.15, 0.2) is 0 Å². The van der Waals surface area contributed by atoms with Gasteiger partial charge in [-0.15, -0.1) is 0 Å². The molecule has 3 aromatic rings. The summed E-state index contributed by atoms with van der Waals surface area (Å²) in [5.41, 5.74) is 4.37. The Bertz CT molecular complexity index is 1060. The molecule has 1 atom stereocenters. The number of likely N-dealkylation sites (N-methyl/N-ethyl adjacent to an activating group) is 1. The second-order valence-corrected chi connectivity index (χ2v) is 7.09. The number of carboxylic acid groups (broad SMARTS) is 1. The van der Waals surface area contributed by atoms with E-state index >= 15 is 0 Å². The summed E-state index contributed by atoms with van der Waals surface area (Å²) in [7, 11) is 2.04. The van der Waals surface area contributed by atoms with E-state index in [1.54, 1.807) is 6.07 Å². The van der Waals surface area contributed by atoms with Crippen molar-refractivity contribution in [2.75, 3.05) is 13.6 Å². The number of pyridine rings is 1. The van der Waals surface area contributed by atoms with Crippen LogP contribution in [0.2, 0.25) is 5.02 Å². The van der Waals surface area contributed by atoms with Crippen LogP contribution in [0.25, 0.3) is 22.6 Å². The second-order valence-electron chi connectivity index (χ2n) is 6.65. The van der Waals surface area contributed by atoms with Gasteiger partial charge in [0.2, 0.25) is 0 Å². The van der Waals surface area contributed by atoms with Gasteiger partial charge in [0.05, 0.1) is 24.2 Å². The number of nitrogens with zero attached hydrogens (tertiary/aromatic N) is 1. The van der Waals surface area contributed by atoms with Gasteiger partial charge in [-0.25, -0.2) is 4.98 Å². The van der Waals surface area contributed by atoms with Gasteiger partial charge in [0.1, 0.15) is 13.1 Å². The maximum absolute atomic E-state index is 11.9. The number of carboxylic acids is 1. The third-order valence-electron chi connectivity index (χ3n) is 4.66. The summed E-state index contributed by atoms with van der Waals surface area (Å²) < 4.78 is 0. The van der Waals surface area contributed by atoms with Crippen molar-refractivity contribution >= 4 is 40.1 Å². The smallest absolute Gasteiger partial charge is 0.106 e. The predicted molar refractivity (Wildman–Crippen MR) is 101 cm³/mol. The Balaban J connectivity index is 1.99. The van der Waals surface area contributed by atoms with E-state index in [1.807, 2.05) is 55.6 Å². The molecule has 0 radical (unpaired) electrons. The van der Waals surface area contributed by atoms with Gasteiger partial charge in [-0.1, -0.05) is 41.9 Å². The van der Waals surface area contributed by atoms with Gasteiger partial charge < -0.3 is 14.8 Å². The number of nitrogens with one attached hydrogen (secondary N) is 1. The maximum atomic E-state index is 11.9. The Labute approximate surface area is 156 Å². The Morgan fingerprint density at radius 1 is 1.19 bits per heavy atom. The molecule has 4 rings (SSSR count). The van der Waals surface area contributed by atoms with Gasteiger partial charge in [0, 0.05) is 27.1 Å². The lowest BCUT2D eigenvalue weighted by Gasteiger charge is -2.27. The molecule has 2 aromatic carbocycles. The minimum atomic E-state index is -1.16. The summed E-state index contributed by atoms with van der Waals surface area (Å²) in [5, 5.41) is 13.2. The molecule has 0 saturated carbocycles. The number of fused-ring (bicyclic) bond motifs is 2. The lowest BCUT2D eigenvalue weighted by atomic mass is 9.92. The van der Waals surface area contributed by atoms with E-state index < -0.39 is 5.97 Å². The van der Waals surface area contributed by atoms with Crippen molar-refractivity contribution in [1.82, 2.24) is 4.98 Å². The molecule has 2 heterocycles. The molecule has 0 fully saturated rings. The van der Waals surface area contributed by atoms with Gasteiger partial charge >= 0.3 is 0 Å². The fourth-order valence-corrected chi connectivity index (χ4v) is 3.81. The van der Waals surface area contributed by atoms with E-state index in [2.05, 4.69) is 0 Å². The van der Waals surface area contributed by atoms with Crippen LogP contribution in [-0.2, 0) is 6.54 Å². The lowest BCUT2D eigenvalue weighted by Crippen LogP contribution is -3.08. The molecule has 0 amide bonds. The number of carbonyl (C=O) groups is 1. The standard InChI is InChI=1S/C21H17ClN2O2/c1-24-11-14(9-13-5-4-6-15(22)10-13)20-17(12-24)19(21(25)26)16-7-2-3-8-18(16)23-20/h2-10H,11-12H2,1H3,(H,25,26)/b14-9+. The van der Waals surface area contributed by atoms with Crippen LogP contribution in [0.4, 0.5) is 0 Å². The molecule has 1 unspecified atom stereocenters. The number of aromatic carboxylic acids is 1. The Hall–Kier alpha value is -2.69. The minimum Gasteiger partial charge on any atom is -0.545 e. The summed E-state index contributed by atoms with van der Waals surface area (Å²) in [6.07, 6.45) is 2.04. The Kier molecular flexibility index (Phi) is 4.23. The van der Waals surface area contributed by atoms with E-state index in [-0.39, 0.29) is 5.56 Å². The molecule has 1 aliphatic heterocycles. The second kappa shape index (κ2) is 6.56. The van der Waals surface area contributed by atoms with Crippen molar-refractivity contribution < 1.29 is 14.8 Å². The highest BCUT2D eigenvalue weighted by Gasteiger charge is 2.27. The van der Waals surface area contributed by atoms with Crippen molar-refractivity contribution in [1.29, 1.82) is 0 Å². The summed E-state index contributed by atoms with van der Waals surface area (Å²) >= 11 is 6.10. The molecular formula is C21H17ClN2O2. The van der Waals surface area contributed by atoms with Gasteiger partial charge in [0.25, 0.3) is 0 Å². The molecule has 130 valence electrons. The molecule has 26 heavy (non-hydrogen) atoms. The van der Waals surface area contributed by atoms with E-state index in [0.717, 1.165) is 28.9 Å². The van der Waals surface area contributed by atoms with Crippen molar-refractivity contribution in [2.45, 2.75) is 6.54 Å². The van der Waals surface area contributed by atoms with Gasteiger partial charge in [-0.3, -0.25) is 0 Å². The van der Waals surface area contributed by atoms with Crippen LogP contribution in [0.1, 0.15) is 27.2 Å². The number of halogens is 1. The molecule has 0 saturated heterocycles. The molecular weight excluding hydrogens is 348 g/mol. The number of quaternary nitrogens is 1. The first-order chi connectivity index (χ1) is 12.5. The first-order valence-electron chi connectivity index (χ1n) is 8.43. The van der Waals surface area contributed by atoms with Gasteiger partial charge in [-0.05, 0) is 29.8 Å². The van der Waals surface area contributed by atoms with Crippen LogP contribution in [0.15, 0.2) is 48.5 Å². The highest BCUT2D eigenvalue weighted by Crippen LogP contribution is 2.29. The number of hydrogen-bond donors (Lipinski definition) is 1. The highest BCUT2D eigenvalue weighted by molar-refractivity contribution is 6.30. The van der Waals surface area contributed by atoms with Gasteiger partial charge in [-0.2, -0.15) is 0 Å². The predicted octanol–water partition coefficient (Wildman–Crippen LogP) is 1.82. The van der Waals surface area contributed by atoms with Crippen LogP contribution in [0.3, 0.4) is 0 Å². The van der Waals surface area contributed by atoms with Crippen LogP contribution in [0.5, 0.6) is 0 Å². The van der Waals surface area contributed by atoms with Crippen LogP contribution in [0, 0.1) is 0 Å². The normalized spacial score (nSPS) is 18.1. The number of benzene rings is 2. The molecule has 1 aromatic heterocycles. The maximum Gasteiger partial charge on any atom is 0.106 e. The molecule has 4 nitrogen and oxygen atoms in total. The summed E-state index contributed by atoms with van der Waals surface area (Å²) in [5.74, 6) is -1.16. The number of hydrogen-bond acceptors (Lipinski definition) is 3. The van der Waals surface area contributed by atoms with E-state index in [1.165, 1.54) is 4.90 Å². The van der Waals surface area contributed by atoms with Crippen molar-refractivity contribution in [2.24, 2.45) is 0 Å². The molecule has 0 aliphatic carbocycles. The quantitative estimate of drug-likeness (QED) is 0.754. The molecule has 1 aliphatic rings. The van der Waals surface area contributed by atoms with Crippen molar-refractivity contribution in [3.63, 3.8) is 0 Å². The first kappa shape index (κ1) is 16.8. The number of aromatic nitrogens is 1. The zero-order valence-corrected chi connectivity index (χ0v) is 15.0. The lowest BCUT2D eigenvalue weighted by molar-refractivity contribution is -0.887. The topological polar surface area (TPSA) is 57.5 Å². The molecule has 1 N–H and O–H groups in total. The van der Waals surface area contributed by atoms with E-state index in [9.17, 15) is 9.90 Å². The average Bonchev–Trinajstić information content (AvgIpc) is 2.59. The van der Waals surface area contributed by atoms with Crippen LogP contribution >= 0.6 is 11.6 Å². The third kappa shape index (κ3) is 2.98. The highest BCUT2D eigenvalue weighted by atomic mass is 35.5. The Morgan fingerprint density at radius 2 is 2.00 bits per heavy atom. The zero-order chi connectivity index (χ0) is 18.3. The van der Waals surface area contributed by atoms with Crippen LogP contribution < -0.4 is 10.0 Å². The first-order valence-corrected chi connectivity index (χ1v) is 8.81. The monoisotopic (exact) mass is 364 g/mol. The summed E-state index contributed by atoms with van der Waals surface area (Å²) in [6, 6.07) is 14.9. The largest absolute Gasteiger partial charge is 0.545 e. The fourth-order valence-electron chi connectivity index (χ4n) is 3.61. The molecule has 0 bridgehead atoms. The zero-order valence-electron chi connectivity index (χ0n) is 14.3.